The molecule has 31 heavy (non-hydrogen) atoms. The van der Waals surface area contributed by atoms with Crippen LogP contribution in [0.4, 0.5) is 0 Å². The maximum atomic E-state index is 12.5. The van der Waals surface area contributed by atoms with Gasteiger partial charge in [0.15, 0.2) is 6.10 Å². The van der Waals surface area contributed by atoms with Crippen molar-refractivity contribution in [2.45, 2.75) is 31.8 Å². The van der Waals surface area contributed by atoms with Crippen LogP contribution in [0.25, 0.3) is 0 Å². The lowest BCUT2D eigenvalue weighted by Crippen LogP contribution is -2.31. The molecule has 8 nitrogen and oxygen atoms in total. The average Bonchev–Trinajstić information content (AvgIpc) is 3.14. The molecule has 0 amide bonds. The van der Waals surface area contributed by atoms with Crippen molar-refractivity contribution in [3.63, 3.8) is 0 Å². The van der Waals surface area contributed by atoms with E-state index in [1.165, 1.54) is 6.08 Å². The number of hydrogen-bond acceptors (Lipinski definition) is 7. The topological polar surface area (TPSA) is 108 Å². The Hall–Kier alpha value is -2.77. The van der Waals surface area contributed by atoms with Gasteiger partial charge in [0.25, 0.3) is 0 Å². The Kier molecular flexibility index (Phi) is 7.76. The van der Waals surface area contributed by atoms with Gasteiger partial charge in [0, 0.05) is 12.2 Å². The smallest absolute Gasteiger partial charge is 0.351 e. The van der Waals surface area contributed by atoms with Crippen LogP contribution in [0.1, 0.15) is 34.1 Å². The summed E-state index contributed by atoms with van der Waals surface area (Å²) in [5.74, 6) is -0.224. The monoisotopic (exact) mass is 446 g/mol. The molecule has 164 valence electrons. The molecule has 1 aliphatic heterocycles. The van der Waals surface area contributed by atoms with Crippen molar-refractivity contribution in [1.82, 2.24) is 0 Å². The fourth-order valence-electron chi connectivity index (χ4n) is 2.95. The third kappa shape index (κ3) is 6.60. The van der Waals surface area contributed by atoms with E-state index in [0.717, 1.165) is 5.82 Å². The van der Waals surface area contributed by atoms with Gasteiger partial charge in [-0.3, -0.25) is 4.57 Å². The van der Waals surface area contributed by atoms with E-state index < -0.39 is 38.0 Å². The summed E-state index contributed by atoms with van der Waals surface area (Å²) in [6, 6.07) is 16.7. The minimum absolute atomic E-state index is 0.0677. The number of ether oxygens (including phenoxy) is 3. The lowest BCUT2D eigenvalue weighted by molar-refractivity contribution is -0.130. The minimum atomic E-state index is -3.91. The number of rotatable bonds is 8. The van der Waals surface area contributed by atoms with Crippen molar-refractivity contribution < 1.29 is 37.8 Å². The molecule has 9 heteroatoms. The van der Waals surface area contributed by atoms with Gasteiger partial charge < -0.3 is 23.6 Å². The Morgan fingerprint density at radius 3 is 2.13 bits per heavy atom. The van der Waals surface area contributed by atoms with Crippen molar-refractivity contribution >= 4 is 19.5 Å². The van der Waals surface area contributed by atoms with E-state index in [4.69, 9.17) is 18.7 Å². The van der Waals surface area contributed by atoms with E-state index >= 15 is 0 Å². The van der Waals surface area contributed by atoms with Gasteiger partial charge in [-0.05, 0) is 37.3 Å². The van der Waals surface area contributed by atoms with Crippen LogP contribution in [-0.2, 0) is 23.3 Å². The molecule has 2 aromatic carbocycles. The zero-order valence-corrected chi connectivity index (χ0v) is 17.7. The first-order chi connectivity index (χ1) is 14.9. The molecule has 1 N–H and O–H groups in total. The quantitative estimate of drug-likeness (QED) is 0.480. The summed E-state index contributed by atoms with van der Waals surface area (Å²) in [4.78, 5) is 34.6. The average molecular weight is 446 g/mol. The van der Waals surface area contributed by atoms with Gasteiger partial charge in [0.1, 0.15) is 0 Å². The van der Waals surface area contributed by atoms with Crippen LogP contribution < -0.4 is 0 Å². The van der Waals surface area contributed by atoms with E-state index in [-0.39, 0.29) is 13.0 Å². The summed E-state index contributed by atoms with van der Waals surface area (Å²) >= 11 is 0. The molecule has 1 fully saturated rings. The number of carbonyl (C=O) groups excluding carboxylic acids is 2. The fraction of sp³-hybridized carbons (Fsp3) is 0.273. The second-order valence-corrected chi connectivity index (χ2v) is 8.37. The maximum absolute atomic E-state index is 12.5. The Balaban J connectivity index is 1.73. The van der Waals surface area contributed by atoms with Gasteiger partial charge in [-0.2, -0.15) is 0 Å². The van der Waals surface area contributed by atoms with Crippen LogP contribution in [0.15, 0.2) is 72.6 Å². The van der Waals surface area contributed by atoms with Crippen LogP contribution in [0, 0.1) is 0 Å². The van der Waals surface area contributed by atoms with E-state index in [1.54, 1.807) is 67.6 Å². The Morgan fingerprint density at radius 2 is 1.58 bits per heavy atom. The lowest BCUT2D eigenvalue weighted by Gasteiger charge is -2.19. The van der Waals surface area contributed by atoms with E-state index in [2.05, 4.69) is 0 Å². The van der Waals surface area contributed by atoms with Gasteiger partial charge in [-0.15, -0.1) is 0 Å². The van der Waals surface area contributed by atoms with Crippen LogP contribution in [0.2, 0.25) is 0 Å². The molecular formula is C22H23O8P. The van der Waals surface area contributed by atoms with Gasteiger partial charge in [-0.1, -0.05) is 36.4 Å². The highest BCUT2D eigenvalue weighted by Gasteiger charge is 2.40. The second kappa shape index (κ2) is 10.5. The molecule has 0 aromatic heterocycles. The van der Waals surface area contributed by atoms with Crippen molar-refractivity contribution in [1.29, 1.82) is 0 Å². The first-order valence-corrected chi connectivity index (χ1v) is 11.4. The molecular weight excluding hydrogens is 423 g/mol. The number of esters is 2. The highest BCUT2D eigenvalue weighted by molar-refractivity contribution is 7.56. The molecule has 0 radical (unpaired) electrons. The molecule has 0 bridgehead atoms. The highest BCUT2D eigenvalue weighted by atomic mass is 31.2. The zero-order chi connectivity index (χ0) is 22.3. The molecule has 0 spiro atoms. The van der Waals surface area contributed by atoms with Crippen molar-refractivity contribution in [3.05, 3.63) is 83.7 Å². The van der Waals surface area contributed by atoms with Crippen LogP contribution in [0.3, 0.4) is 0 Å². The summed E-state index contributed by atoms with van der Waals surface area (Å²) in [6.07, 6.45) is -1.33. The van der Waals surface area contributed by atoms with Crippen LogP contribution in [0.5, 0.6) is 0 Å². The molecule has 4 atom stereocenters. The molecule has 2 unspecified atom stereocenters. The fourth-order valence-corrected chi connectivity index (χ4v) is 3.81. The van der Waals surface area contributed by atoms with Gasteiger partial charge in [0.05, 0.1) is 23.8 Å². The lowest BCUT2D eigenvalue weighted by atomic mass is 10.2. The summed E-state index contributed by atoms with van der Waals surface area (Å²) in [5.41, 5.74) is 0.653. The zero-order valence-electron chi connectivity index (χ0n) is 16.8. The van der Waals surface area contributed by atoms with E-state index in [9.17, 15) is 19.0 Å². The summed E-state index contributed by atoms with van der Waals surface area (Å²) < 4.78 is 33.3. The van der Waals surface area contributed by atoms with Crippen LogP contribution >= 0.6 is 7.60 Å². The first kappa shape index (κ1) is 22.9. The first-order valence-electron chi connectivity index (χ1n) is 9.72. The molecule has 3 rings (SSSR count). The maximum Gasteiger partial charge on any atom is 0.351 e. The predicted octanol–water partition coefficient (Wildman–Crippen LogP) is 3.92. The van der Waals surface area contributed by atoms with Crippen molar-refractivity contribution in [2.24, 2.45) is 0 Å². The van der Waals surface area contributed by atoms with E-state index in [0.29, 0.717) is 11.1 Å². The molecule has 1 saturated heterocycles. The number of hydrogen-bond donors (Lipinski definition) is 1. The summed E-state index contributed by atoms with van der Waals surface area (Å²) in [5, 5.41) is 0. The van der Waals surface area contributed by atoms with Gasteiger partial charge in [0.2, 0.25) is 6.29 Å². The minimum Gasteiger partial charge on any atom is -0.452 e. The third-order valence-corrected chi connectivity index (χ3v) is 5.56. The molecule has 1 heterocycles. The molecule has 2 aromatic rings. The highest BCUT2D eigenvalue weighted by Crippen LogP contribution is 2.44. The largest absolute Gasteiger partial charge is 0.452 e. The summed E-state index contributed by atoms with van der Waals surface area (Å²) in [7, 11) is -3.91. The summed E-state index contributed by atoms with van der Waals surface area (Å²) in [6.45, 7) is 1.67. The third-order valence-electron chi connectivity index (χ3n) is 4.38. The van der Waals surface area contributed by atoms with Gasteiger partial charge in [-0.25, -0.2) is 9.59 Å². The van der Waals surface area contributed by atoms with Crippen molar-refractivity contribution in [3.8, 4) is 0 Å². The number of benzene rings is 2. The standard InChI is InChI=1S/C22H23O8P/c1-2-27-31(25,26)14-13-18-15-19(29-20(23)16-9-5-3-6-10-16)22(28-18)30-21(24)17-11-7-4-8-12-17/h3-14,18-19,22H,2,15H2,1H3,(H,25,26)/b14-13+/t18-,19-,22?/m1/s1. The molecule has 0 aliphatic carbocycles. The van der Waals surface area contributed by atoms with E-state index in [1.807, 2.05) is 0 Å². The normalized spacial score (nSPS) is 22.7. The predicted molar refractivity (Wildman–Crippen MR) is 111 cm³/mol. The Morgan fingerprint density at radius 1 is 1.03 bits per heavy atom. The number of carbonyl (C=O) groups is 2. The second-order valence-electron chi connectivity index (χ2n) is 6.68. The Bertz CT molecular complexity index is 898. The van der Waals surface area contributed by atoms with Crippen molar-refractivity contribution in [2.75, 3.05) is 6.61 Å². The van der Waals surface area contributed by atoms with Gasteiger partial charge >= 0.3 is 19.5 Å². The SMILES string of the molecule is CCOP(=O)(O)/C=C/[C@@H]1C[C@@H](OC(=O)c2ccccc2)C(OC(=O)c2ccccc2)O1. The Labute approximate surface area is 179 Å². The van der Waals surface area contributed by atoms with Crippen LogP contribution in [-0.4, -0.2) is 41.9 Å². The molecule has 1 aliphatic rings. The molecule has 0 saturated carbocycles.